The third-order valence-corrected chi connectivity index (χ3v) is 4.60. The summed E-state index contributed by atoms with van der Waals surface area (Å²) in [6, 6.07) is 9.52. The van der Waals surface area contributed by atoms with Crippen molar-refractivity contribution in [3.8, 4) is 5.75 Å². The van der Waals surface area contributed by atoms with E-state index in [-0.39, 0.29) is 5.97 Å². The molecule has 1 fully saturated rings. The molecular weight excluding hydrogens is 330 g/mol. The Bertz CT molecular complexity index is 956. The van der Waals surface area contributed by atoms with Crippen molar-refractivity contribution >= 4 is 16.9 Å². The molecule has 0 bridgehead atoms. The molecule has 1 aliphatic rings. The van der Waals surface area contributed by atoms with E-state index >= 15 is 0 Å². The maximum absolute atomic E-state index is 12.2. The fraction of sp³-hybridized carbons (Fsp3) is 0.333. The smallest absolute Gasteiger partial charge is 0.342 e. The predicted octanol–water partition coefficient (Wildman–Crippen LogP) is 4.77. The number of hydrogen-bond donors (Lipinski definition) is 0. The number of benzene rings is 1. The highest BCUT2D eigenvalue weighted by Crippen LogP contribution is 2.40. The van der Waals surface area contributed by atoms with Crippen molar-refractivity contribution < 1.29 is 18.7 Å². The van der Waals surface area contributed by atoms with Crippen LogP contribution >= 0.6 is 0 Å². The predicted molar refractivity (Wildman–Crippen MR) is 97.5 cm³/mol. The van der Waals surface area contributed by atoms with Gasteiger partial charge in [0.1, 0.15) is 29.3 Å². The molecule has 0 spiro atoms. The highest BCUT2D eigenvalue weighted by Gasteiger charge is 2.27. The maximum Gasteiger partial charge on any atom is 0.342 e. The second kappa shape index (κ2) is 6.83. The molecule has 1 saturated carbocycles. The van der Waals surface area contributed by atoms with E-state index in [0.717, 1.165) is 11.3 Å². The molecule has 0 aliphatic heterocycles. The monoisotopic (exact) mass is 351 g/mol. The van der Waals surface area contributed by atoms with Gasteiger partial charge < -0.3 is 13.9 Å². The van der Waals surface area contributed by atoms with E-state index in [9.17, 15) is 4.79 Å². The van der Waals surface area contributed by atoms with Gasteiger partial charge in [0.25, 0.3) is 0 Å². The number of fused-ring (bicyclic) bond motifs is 1. The average Bonchev–Trinajstić information content (AvgIpc) is 3.42. The fourth-order valence-electron chi connectivity index (χ4n) is 3.20. The summed E-state index contributed by atoms with van der Waals surface area (Å²) < 4.78 is 16.8. The minimum Gasteiger partial charge on any atom is -0.489 e. The molecule has 5 nitrogen and oxygen atoms in total. The normalized spacial score (nSPS) is 13.8. The number of carbonyl (C=O) groups excluding carboxylic acids is 1. The summed E-state index contributed by atoms with van der Waals surface area (Å²) in [5, 5.41) is 0.715. The molecule has 0 atom stereocenters. The van der Waals surface area contributed by atoms with Crippen LogP contribution in [0, 0.1) is 6.92 Å². The Kier molecular flexibility index (Phi) is 4.37. The minimum absolute atomic E-state index is 0.325. The minimum atomic E-state index is -0.371. The van der Waals surface area contributed by atoms with Crippen molar-refractivity contribution in [2.24, 2.45) is 0 Å². The van der Waals surface area contributed by atoms with Crippen LogP contribution in [0.4, 0.5) is 0 Å². The number of rotatable bonds is 6. The molecule has 0 saturated heterocycles. The van der Waals surface area contributed by atoms with E-state index in [2.05, 4.69) is 11.1 Å². The Morgan fingerprint density at radius 3 is 2.92 bits per heavy atom. The third-order valence-electron chi connectivity index (χ3n) is 4.60. The Hall–Kier alpha value is -2.82. The summed E-state index contributed by atoms with van der Waals surface area (Å²) >= 11 is 0. The number of aromatic nitrogens is 1. The highest BCUT2D eigenvalue weighted by molar-refractivity contribution is 6.04. The van der Waals surface area contributed by atoms with E-state index in [0.29, 0.717) is 47.2 Å². The highest BCUT2D eigenvalue weighted by atomic mass is 16.5. The van der Waals surface area contributed by atoms with Crippen LogP contribution < -0.4 is 4.74 Å². The number of esters is 1. The Morgan fingerprint density at radius 1 is 1.31 bits per heavy atom. The van der Waals surface area contributed by atoms with Gasteiger partial charge in [-0.15, -0.1) is 0 Å². The van der Waals surface area contributed by atoms with Gasteiger partial charge in [0.2, 0.25) is 0 Å². The van der Waals surface area contributed by atoms with Gasteiger partial charge in [-0.25, -0.2) is 4.79 Å². The molecule has 134 valence electrons. The summed E-state index contributed by atoms with van der Waals surface area (Å²) in [6.07, 6.45) is 4.24. The number of aryl methyl sites for hydroxylation is 1. The zero-order chi connectivity index (χ0) is 18.1. The van der Waals surface area contributed by atoms with Gasteiger partial charge in [0.05, 0.1) is 12.3 Å². The maximum atomic E-state index is 12.2. The van der Waals surface area contributed by atoms with E-state index in [4.69, 9.17) is 13.9 Å². The summed E-state index contributed by atoms with van der Waals surface area (Å²) in [5.74, 6) is 1.45. The summed E-state index contributed by atoms with van der Waals surface area (Å²) in [5.41, 5.74) is 3.37. The first kappa shape index (κ1) is 16.6. The zero-order valence-electron chi connectivity index (χ0n) is 15.0. The van der Waals surface area contributed by atoms with Gasteiger partial charge in [-0.3, -0.25) is 4.98 Å². The quantitative estimate of drug-likeness (QED) is 0.599. The van der Waals surface area contributed by atoms with Crippen molar-refractivity contribution in [1.29, 1.82) is 0 Å². The van der Waals surface area contributed by atoms with Crippen molar-refractivity contribution in [3.05, 3.63) is 59.1 Å². The van der Waals surface area contributed by atoms with Crippen molar-refractivity contribution in [1.82, 2.24) is 4.98 Å². The molecule has 26 heavy (non-hydrogen) atoms. The van der Waals surface area contributed by atoms with Gasteiger partial charge in [0.15, 0.2) is 0 Å². The standard InChI is InChI=1S/C21H21NO4/c1-3-24-21(23)19-13(2)26-18-9-8-16(11-17(18)19)25-12-15-5-4-10-22-20(15)14-6-7-14/h4-5,8-11,14H,3,6-7,12H2,1-2H3. The van der Waals surface area contributed by atoms with E-state index in [1.165, 1.54) is 12.8 Å². The molecule has 1 aliphatic carbocycles. The van der Waals surface area contributed by atoms with Gasteiger partial charge in [-0.1, -0.05) is 6.07 Å². The van der Waals surface area contributed by atoms with Crippen LogP contribution in [0.1, 0.15) is 53.1 Å². The van der Waals surface area contributed by atoms with E-state index in [1.807, 2.05) is 30.5 Å². The number of nitrogens with zero attached hydrogens (tertiary/aromatic N) is 1. The van der Waals surface area contributed by atoms with Crippen LogP contribution in [-0.2, 0) is 11.3 Å². The van der Waals surface area contributed by atoms with Gasteiger partial charge >= 0.3 is 5.97 Å². The fourth-order valence-corrected chi connectivity index (χ4v) is 3.20. The molecule has 3 aromatic rings. The van der Waals surface area contributed by atoms with Crippen LogP contribution in [0.25, 0.3) is 11.0 Å². The number of hydrogen-bond acceptors (Lipinski definition) is 5. The molecular formula is C21H21NO4. The molecule has 2 aromatic heterocycles. The molecule has 1 aromatic carbocycles. The van der Waals surface area contributed by atoms with Gasteiger partial charge in [-0.05, 0) is 51.0 Å². The van der Waals surface area contributed by atoms with E-state index in [1.54, 1.807) is 13.8 Å². The third kappa shape index (κ3) is 3.17. The molecule has 0 radical (unpaired) electrons. The molecule has 0 unspecified atom stereocenters. The summed E-state index contributed by atoms with van der Waals surface area (Å²) in [4.78, 5) is 16.7. The summed E-state index contributed by atoms with van der Waals surface area (Å²) in [6.45, 7) is 4.34. The van der Waals surface area contributed by atoms with Crippen LogP contribution in [0.2, 0.25) is 0 Å². The topological polar surface area (TPSA) is 61.6 Å². The largest absolute Gasteiger partial charge is 0.489 e. The van der Waals surface area contributed by atoms with Crippen molar-refractivity contribution in [3.63, 3.8) is 0 Å². The number of pyridine rings is 1. The Balaban J connectivity index is 1.59. The lowest BCUT2D eigenvalue weighted by Gasteiger charge is -2.10. The SMILES string of the molecule is CCOC(=O)c1c(C)oc2ccc(OCc3cccnc3C3CC3)cc12. The lowest BCUT2D eigenvalue weighted by atomic mass is 10.1. The molecule has 0 N–H and O–H groups in total. The molecule has 4 rings (SSSR count). The Labute approximate surface area is 151 Å². The molecule has 5 heteroatoms. The molecule has 2 heterocycles. The van der Waals surface area contributed by atoms with Crippen LogP contribution in [0.15, 0.2) is 40.9 Å². The van der Waals surface area contributed by atoms with Crippen molar-refractivity contribution in [2.75, 3.05) is 6.61 Å². The average molecular weight is 351 g/mol. The van der Waals surface area contributed by atoms with Crippen LogP contribution in [-0.4, -0.2) is 17.6 Å². The van der Waals surface area contributed by atoms with E-state index < -0.39 is 0 Å². The first-order chi connectivity index (χ1) is 12.7. The number of ether oxygens (including phenoxy) is 2. The Morgan fingerprint density at radius 2 is 2.15 bits per heavy atom. The van der Waals surface area contributed by atoms with Crippen molar-refractivity contribution in [2.45, 2.75) is 39.2 Å². The lowest BCUT2D eigenvalue weighted by Crippen LogP contribution is -2.05. The van der Waals surface area contributed by atoms with Gasteiger partial charge in [0, 0.05) is 23.1 Å². The van der Waals surface area contributed by atoms with Gasteiger partial charge in [-0.2, -0.15) is 0 Å². The first-order valence-electron chi connectivity index (χ1n) is 8.94. The van der Waals surface area contributed by atoms with Crippen LogP contribution in [0.3, 0.4) is 0 Å². The van der Waals surface area contributed by atoms with Crippen LogP contribution in [0.5, 0.6) is 5.75 Å². The second-order valence-corrected chi connectivity index (χ2v) is 6.52. The first-order valence-corrected chi connectivity index (χ1v) is 8.94. The molecule has 0 amide bonds. The summed E-state index contributed by atoms with van der Waals surface area (Å²) in [7, 11) is 0. The number of furan rings is 1. The number of carbonyl (C=O) groups is 1. The second-order valence-electron chi connectivity index (χ2n) is 6.52. The zero-order valence-corrected chi connectivity index (χ0v) is 15.0. The lowest BCUT2D eigenvalue weighted by molar-refractivity contribution is 0.0526.